The molecule has 2 heterocycles. The van der Waals surface area contributed by atoms with Crippen LogP contribution in [0.25, 0.3) is 0 Å². The number of likely N-dealkylation sites (tertiary alicyclic amines) is 1. The fourth-order valence-electron chi connectivity index (χ4n) is 2.24. The Labute approximate surface area is 95.3 Å². The van der Waals surface area contributed by atoms with Gasteiger partial charge in [-0.1, -0.05) is 0 Å². The molecule has 92 valence electrons. The Morgan fingerprint density at radius 2 is 2.31 bits per heavy atom. The third-order valence-electron chi connectivity index (χ3n) is 3.08. The molecule has 0 spiro atoms. The van der Waals surface area contributed by atoms with Crippen molar-refractivity contribution in [3.63, 3.8) is 0 Å². The number of hydrogen-bond acceptors (Lipinski definition) is 4. The van der Waals surface area contributed by atoms with E-state index >= 15 is 0 Å². The van der Waals surface area contributed by atoms with E-state index < -0.39 is 11.7 Å². The zero-order valence-electron chi connectivity index (χ0n) is 9.65. The highest BCUT2D eigenvalue weighted by Gasteiger charge is 2.34. The minimum atomic E-state index is -0.760. The molecule has 0 aromatic carbocycles. The van der Waals surface area contributed by atoms with Gasteiger partial charge >= 0.3 is 0 Å². The highest BCUT2D eigenvalue weighted by molar-refractivity contribution is 5.81. The molecule has 2 aliphatic rings. The first-order valence-electron chi connectivity index (χ1n) is 5.79. The van der Waals surface area contributed by atoms with Gasteiger partial charge in [-0.2, -0.15) is 0 Å². The molecule has 5 nitrogen and oxygen atoms in total. The number of piperidine rings is 1. The Morgan fingerprint density at radius 3 is 2.94 bits per heavy atom. The van der Waals surface area contributed by atoms with Gasteiger partial charge in [0.25, 0.3) is 5.91 Å². The third kappa shape index (κ3) is 2.72. The number of nitrogens with zero attached hydrogens (tertiary/aromatic N) is 1. The van der Waals surface area contributed by atoms with Gasteiger partial charge in [-0.3, -0.25) is 4.79 Å². The Bertz CT molecular complexity index is 261. The van der Waals surface area contributed by atoms with Gasteiger partial charge in [0.2, 0.25) is 0 Å². The predicted molar refractivity (Wildman–Crippen MR) is 57.0 cm³/mol. The van der Waals surface area contributed by atoms with Crippen LogP contribution in [0.1, 0.15) is 19.8 Å². The van der Waals surface area contributed by atoms with E-state index in [9.17, 15) is 9.90 Å². The van der Waals surface area contributed by atoms with Crippen molar-refractivity contribution in [2.45, 2.75) is 31.5 Å². The second-order valence-electron chi connectivity index (χ2n) is 4.79. The van der Waals surface area contributed by atoms with Gasteiger partial charge in [0, 0.05) is 13.1 Å². The molecule has 0 saturated carbocycles. The third-order valence-corrected chi connectivity index (χ3v) is 3.08. The second-order valence-corrected chi connectivity index (χ2v) is 4.79. The van der Waals surface area contributed by atoms with Crippen molar-refractivity contribution in [3.8, 4) is 0 Å². The number of ether oxygens (including phenoxy) is 2. The van der Waals surface area contributed by atoms with E-state index in [-0.39, 0.29) is 5.91 Å². The van der Waals surface area contributed by atoms with E-state index in [2.05, 4.69) is 0 Å². The molecule has 2 rings (SSSR count). The van der Waals surface area contributed by atoms with Gasteiger partial charge in [0.1, 0.15) is 0 Å². The highest BCUT2D eigenvalue weighted by atomic mass is 16.6. The van der Waals surface area contributed by atoms with Gasteiger partial charge in [0.05, 0.1) is 25.4 Å². The summed E-state index contributed by atoms with van der Waals surface area (Å²) in [6, 6.07) is 0. The van der Waals surface area contributed by atoms with Gasteiger partial charge < -0.3 is 19.5 Å². The number of carbonyl (C=O) groups is 1. The summed E-state index contributed by atoms with van der Waals surface area (Å²) in [6.07, 6.45) is 1.10. The van der Waals surface area contributed by atoms with Crippen LogP contribution < -0.4 is 0 Å². The summed E-state index contributed by atoms with van der Waals surface area (Å²) in [5, 5.41) is 9.93. The molecule has 16 heavy (non-hydrogen) atoms. The molecule has 0 aromatic rings. The fraction of sp³-hybridized carbons (Fsp3) is 0.909. The minimum Gasteiger partial charge on any atom is -0.388 e. The first-order valence-corrected chi connectivity index (χ1v) is 5.79. The average Bonchev–Trinajstić information content (AvgIpc) is 2.28. The Morgan fingerprint density at radius 1 is 1.50 bits per heavy atom. The van der Waals surface area contributed by atoms with Crippen LogP contribution in [0.15, 0.2) is 0 Å². The molecule has 0 radical (unpaired) electrons. The molecule has 2 atom stereocenters. The first kappa shape index (κ1) is 11.8. The molecule has 2 saturated heterocycles. The van der Waals surface area contributed by atoms with Crippen LogP contribution in [0.5, 0.6) is 0 Å². The lowest BCUT2D eigenvalue weighted by atomic mass is 9.95. The van der Waals surface area contributed by atoms with Crippen molar-refractivity contribution < 1.29 is 19.4 Å². The van der Waals surface area contributed by atoms with Crippen molar-refractivity contribution in [2.24, 2.45) is 0 Å². The lowest BCUT2D eigenvalue weighted by Crippen LogP contribution is -2.53. The van der Waals surface area contributed by atoms with E-state index in [4.69, 9.17) is 9.47 Å². The molecule has 0 aliphatic carbocycles. The summed E-state index contributed by atoms with van der Waals surface area (Å²) >= 11 is 0. The predicted octanol–water partition coefficient (Wildman–Crippen LogP) is -0.225. The van der Waals surface area contributed by atoms with Crippen LogP contribution in [0.3, 0.4) is 0 Å². The average molecular weight is 229 g/mol. The maximum Gasteiger partial charge on any atom is 0.254 e. The number of rotatable bonds is 1. The molecule has 2 aliphatic heterocycles. The molecular weight excluding hydrogens is 210 g/mol. The second kappa shape index (κ2) is 4.69. The smallest absolute Gasteiger partial charge is 0.254 e. The summed E-state index contributed by atoms with van der Waals surface area (Å²) in [4.78, 5) is 13.7. The van der Waals surface area contributed by atoms with E-state index in [0.717, 1.165) is 12.8 Å². The lowest BCUT2D eigenvalue weighted by molar-refractivity contribution is -0.163. The van der Waals surface area contributed by atoms with Crippen molar-refractivity contribution >= 4 is 5.91 Å². The molecular formula is C11H19NO4. The zero-order chi connectivity index (χ0) is 11.6. The van der Waals surface area contributed by atoms with Crippen molar-refractivity contribution in [1.82, 2.24) is 4.90 Å². The van der Waals surface area contributed by atoms with Crippen LogP contribution in [0.2, 0.25) is 0 Å². The normalized spacial score (nSPS) is 36.1. The van der Waals surface area contributed by atoms with Crippen molar-refractivity contribution in [1.29, 1.82) is 0 Å². The number of aliphatic hydroxyl groups is 1. The van der Waals surface area contributed by atoms with Gasteiger partial charge in [-0.25, -0.2) is 0 Å². The summed E-state index contributed by atoms with van der Waals surface area (Å²) in [5.41, 5.74) is -0.760. The molecule has 0 bridgehead atoms. The number of β-amino-alcohol motifs (C(OH)–C–C–N with tert-alkyl or cyclic N) is 1. The van der Waals surface area contributed by atoms with Crippen LogP contribution in [-0.2, 0) is 14.3 Å². The monoisotopic (exact) mass is 229 g/mol. The molecule has 1 N–H and O–H groups in total. The summed E-state index contributed by atoms with van der Waals surface area (Å²) < 4.78 is 10.6. The Kier molecular flexibility index (Phi) is 3.47. The van der Waals surface area contributed by atoms with Gasteiger partial charge in [-0.15, -0.1) is 0 Å². The van der Waals surface area contributed by atoms with Crippen LogP contribution in [0.4, 0.5) is 0 Å². The largest absolute Gasteiger partial charge is 0.388 e. The van der Waals surface area contributed by atoms with E-state index in [0.29, 0.717) is 32.9 Å². The fourth-order valence-corrected chi connectivity index (χ4v) is 2.24. The van der Waals surface area contributed by atoms with E-state index in [1.165, 1.54) is 0 Å². The standard InChI is InChI=1S/C11H19NO4/c1-11(14)3-2-4-12(8-11)10(13)9-7-15-5-6-16-9/h9,14H,2-8H2,1H3. The molecule has 2 fully saturated rings. The molecule has 1 amide bonds. The van der Waals surface area contributed by atoms with Crippen LogP contribution in [0, 0.1) is 0 Å². The van der Waals surface area contributed by atoms with Gasteiger partial charge in [-0.05, 0) is 19.8 Å². The first-order chi connectivity index (χ1) is 7.58. The quantitative estimate of drug-likeness (QED) is 0.675. The summed E-state index contributed by atoms with van der Waals surface area (Å²) in [5.74, 6) is -0.0559. The van der Waals surface area contributed by atoms with Crippen molar-refractivity contribution in [3.05, 3.63) is 0 Å². The van der Waals surface area contributed by atoms with Gasteiger partial charge in [0.15, 0.2) is 6.10 Å². The minimum absolute atomic E-state index is 0.0559. The maximum absolute atomic E-state index is 12.1. The SMILES string of the molecule is CC1(O)CCCN(C(=O)C2COCCO2)C1. The molecule has 2 unspecified atom stereocenters. The Balaban J connectivity index is 1.93. The zero-order valence-corrected chi connectivity index (χ0v) is 9.65. The van der Waals surface area contributed by atoms with E-state index in [1.54, 1.807) is 11.8 Å². The summed E-state index contributed by atoms with van der Waals surface area (Å²) in [6.45, 7) is 4.23. The number of hydrogen-bond donors (Lipinski definition) is 1. The number of amides is 1. The lowest BCUT2D eigenvalue weighted by Gasteiger charge is -2.38. The molecule has 5 heteroatoms. The highest BCUT2D eigenvalue weighted by Crippen LogP contribution is 2.21. The van der Waals surface area contributed by atoms with Crippen molar-refractivity contribution in [2.75, 3.05) is 32.9 Å². The van der Waals surface area contributed by atoms with Crippen LogP contribution in [-0.4, -0.2) is 60.5 Å². The topological polar surface area (TPSA) is 59.0 Å². The van der Waals surface area contributed by atoms with Crippen LogP contribution >= 0.6 is 0 Å². The maximum atomic E-state index is 12.1. The molecule has 0 aromatic heterocycles. The van der Waals surface area contributed by atoms with E-state index in [1.807, 2.05) is 0 Å². The Hall–Kier alpha value is -0.650. The summed E-state index contributed by atoms with van der Waals surface area (Å²) in [7, 11) is 0. The number of carbonyl (C=O) groups excluding carboxylic acids is 1.